The van der Waals surface area contributed by atoms with E-state index in [0.29, 0.717) is 5.56 Å². The summed E-state index contributed by atoms with van der Waals surface area (Å²) in [6, 6.07) is 1.79. The van der Waals surface area contributed by atoms with E-state index in [9.17, 15) is 18.8 Å². The largest absolute Gasteiger partial charge is 0.481 e. The molecule has 114 valence electrons. The zero-order valence-corrected chi connectivity index (χ0v) is 11.2. The van der Waals surface area contributed by atoms with Crippen LogP contribution in [-0.4, -0.2) is 34.2 Å². The van der Waals surface area contributed by atoms with Crippen LogP contribution >= 0.6 is 0 Å². The average Bonchev–Trinajstić information content (AvgIpc) is 2.38. The smallest absolute Gasteiger partial charge is 0.326 e. The zero-order chi connectivity index (χ0) is 16.0. The molecule has 0 aliphatic rings. The molecule has 0 bridgehead atoms. The first kappa shape index (κ1) is 16.4. The minimum Gasteiger partial charge on any atom is -0.481 e. The fourth-order valence-electron chi connectivity index (χ4n) is 1.58. The van der Waals surface area contributed by atoms with Crippen molar-refractivity contribution < 1.29 is 29.0 Å². The van der Waals surface area contributed by atoms with E-state index in [1.807, 2.05) is 0 Å². The number of aryl methyl sites for hydroxylation is 1. The van der Waals surface area contributed by atoms with Crippen LogP contribution in [0, 0.1) is 12.7 Å². The summed E-state index contributed by atoms with van der Waals surface area (Å²) < 4.78 is 13.4. The second-order valence-corrected chi connectivity index (χ2v) is 4.40. The summed E-state index contributed by atoms with van der Waals surface area (Å²) in [6.07, 6.45) is -0.676. The normalized spacial score (nSPS) is 11.5. The summed E-state index contributed by atoms with van der Waals surface area (Å²) in [5, 5.41) is 21.7. The van der Waals surface area contributed by atoms with Gasteiger partial charge in [-0.3, -0.25) is 4.79 Å². The van der Waals surface area contributed by atoms with E-state index in [1.165, 1.54) is 18.2 Å². The quantitative estimate of drug-likeness (QED) is 0.636. The molecule has 7 nitrogen and oxygen atoms in total. The maximum absolute atomic E-state index is 13.4. The first-order chi connectivity index (χ1) is 9.79. The van der Waals surface area contributed by atoms with Crippen LogP contribution in [0.5, 0.6) is 0 Å². The van der Waals surface area contributed by atoms with Crippen LogP contribution in [0.3, 0.4) is 0 Å². The highest BCUT2D eigenvalue weighted by atomic mass is 19.1. The number of anilines is 1. The van der Waals surface area contributed by atoms with Gasteiger partial charge in [0.15, 0.2) is 0 Å². The van der Waals surface area contributed by atoms with Crippen molar-refractivity contribution in [2.45, 2.75) is 25.8 Å². The molecule has 1 unspecified atom stereocenters. The van der Waals surface area contributed by atoms with Crippen LogP contribution in [0.4, 0.5) is 14.9 Å². The number of rotatable bonds is 6. The highest BCUT2D eigenvalue weighted by molar-refractivity contribution is 5.92. The zero-order valence-electron chi connectivity index (χ0n) is 11.2. The van der Waals surface area contributed by atoms with Crippen molar-refractivity contribution in [3.8, 4) is 0 Å². The summed E-state index contributed by atoms with van der Waals surface area (Å²) in [7, 11) is 0. The third-order valence-corrected chi connectivity index (χ3v) is 2.62. The molecule has 0 saturated heterocycles. The van der Waals surface area contributed by atoms with Gasteiger partial charge in [0.1, 0.15) is 11.9 Å². The standard InChI is InChI=1S/C13H15FN2O5/c1-7-2-3-8(14)10(6-7)16-13(21)15-9(12(19)20)4-5-11(17)18/h2-3,6,9H,4-5H2,1H3,(H,17,18)(H,19,20)(H2,15,16,21). The fraction of sp³-hybridized carbons (Fsp3) is 0.308. The lowest BCUT2D eigenvalue weighted by Gasteiger charge is -2.14. The van der Waals surface area contributed by atoms with Crippen molar-refractivity contribution in [1.82, 2.24) is 5.32 Å². The fourth-order valence-corrected chi connectivity index (χ4v) is 1.58. The molecule has 1 aromatic rings. The van der Waals surface area contributed by atoms with Crippen LogP contribution in [-0.2, 0) is 9.59 Å². The van der Waals surface area contributed by atoms with Gasteiger partial charge in [0, 0.05) is 6.42 Å². The molecule has 0 heterocycles. The molecule has 2 amide bonds. The summed E-state index contributed by atoms with van der Waals surface area (Å²) in [4.78, 5) is 33.0. The summed E-state index contributed by atoms with van der Waals surface area (Å²) in [5.41, 5.74) is 0.627. The molecule has 0 aliphatic heterocycles. The first-order valence-electron chi connectivity index (χ1n) is 6.08. The monoisotopic (exact) mass is 298 g/mol. The van der Waals surface area contributed by atoms with Crippen molar-refractivity contribution in [3.63, 3.8) is 0 Å². The highest BCUT2D eigenvalue weighted by Gasteiger charge is 2.21. The van der Waals surface area contributed by atoms with Gasteiger partial charge in [-0.15, -0.1) is 0 Å². The molecule has 1 aromatic carbocycles. The van der Waals surface area contributed by atoms with E-state index in [1.54, 1.807) is 6.92 Å². The van der Waals surface area contributed by atoms with Gasteiger partial charge in [0.2, 0.25) is 0 Å². The number of carbonyl (C=O) groups is 3. The van der Waals surface area contributed by atoms with Gasteiger partial charge < -0.3 is 20.8 Å². The number of hydrogen-bond donors (Lipinski definition) is 4. The van der Waals surface area contributed by atoms with E-state index in [4.69, 9.17) is 10.2 Å². The molecule has 21 heavy (non-hydrogen) atoms. The Balaban J connectivity index is 2.67. The first-order valence-corrected chi connectivity index (χ1v) is 6.08. The highest BCUT2D eigenvalue weighted by Crippen LogP contribution is 2.15. The maximum Gasteiger partial charge on any atom is 0.326 e. The van der Waals surface area contributed by atoms with Gasteiger partial charge in [0.05, 0.1) is 5.69 Å². The van der Waals surface area contributed by atoms with E-state index in [0.717, 1.165) is 0 Å². The molecule has 0 fully saturated rings. The number of urea groups is 1. The number of hydrogen-bond acceptors (Lipinski definition) is 3. The molecule has 0 aliphatic carbocycles. The van der Waals surface area contributed by atoms with Gasteiger partial charge >= 0.3 is 18.0 Å². The predicted octanol–water partition coefficient (Wildman–Crippen LogP) is 1.57. The molecule has 8 heteroatoms. The Labute approximate surface area is 119 Å². The molecule has 0 saturated carbocycles. The average molecular weight is 298 g/mol. The number of carboxylic acids is 2. The van der Waals surface area contributed by atoms with Gasteiger partial charge in [-0.1, -0.05) is 6.07 Å². The van der Waals surface area contributed by atoms with E-state index < -0.39 is 36.2 Å². The lowest BCUT2D eigenvalue weighted by Crippen LogP contribution is -2.43. The minimum absolute atomic E-state index is 0.0881. The number of halogens is 1. The van der Waals surface area contributed by atoms with Crippen molar-refractivity contribution in [2.24, 2.45) is 0 Å². The molecule has 1 atom stereocenters. The Morgan fingerprint density at radius 1 is 1.29 bits per heavy atom. The summed E-state index contributed by atoms with van der Waals surface area (Å²) in [5.74, 6) is -3.20. The third-order valence-electron chi connectivity index (χ3n) is 2.62. The molecule has 1 rings (SSSR count). The van der Waals surface area contributed by atoms with Crippen LogP contribution in [0.2, 0.25) is 0 Å². The van der Waals surface area contributed by atoms with Crippen molar-refractivity contribution >= 4 is 23.7 Å². The number of carboxylic acid groups (broad SMARTS) is 2. The molecular formula is C13H15FN2O5. The van der Waals surface area contributed by atoms with Crippen molar-refractivity contribution in [2.75, 3.05) is 5.32 Å². The number of nitrogens with one attached hydrogen (secondary N) is 2. The number of aliphatic carboxylic acids is 2. The van der Waals surface area contributed by atoms with E-state index in [2.05, 4.69) is 10.6 Å². The maximum atomic E-state index is 13.4. The Kier molecular flexibility index (Phi) is 5.65. The summed E-state index contributed by atoms with van der Waals surface area (Å²) >= 11 is 0. The Morgan fingerprint density at radius 3 is 2.52 bits per heavy atom. The predicted molar refractivity (Wildman–Crippen MR) is 71.6 cm³/mol. The van der Waals surface area contributed by atoms with Gasteiger partial charge in [-0.05, 0) is 31.0 Å². The van der Waals surface area contributed by atoms with E-state index >= 15 is 0 Å². The number of amides is 2. The Hall–Kier alpha value is -2.64. The minimum atomic E-state index is -1.37. The van der Waals surface area contributed by atoms with Crippen LogP contribution in [0.15, 0.2) is 18.2 Å². The Morgan fingerprint density at radius 2 is 1.95 bits per heavy atom. The second kappa shape index (κ2) is 7.22. The number of benzene rings is 1. The SMILES string of the molecule is Cc1ccc(F)c(NC(=O)NC(CCC(=O)O)C(=O)O)c1. The lowest BCUT2D eigenvalue weighted by atomic mass is 10.1. The topological polar surface area (TPSA) is 116 Å². The third kappa shape index (κ3) is 5.47. The van der Waals surface area contributed by atoms with E-state index in [-0.39, 0.29) is 12.1 Å². The van der Waals surface area contributed by atoms with Crippen molar-refractivity contribution in [3.05, 3.63) is 29.6 Å². The van der Waals surface area contributed by atoms with Gasteiger partial charge in [0.25, 0.3) is 0 Å². The van der Waals surface area contributed by atoms with Crippen molar-refractivity contribution in [1.29, 1.82) is 0 Å². The van der Waals surface area contributed by atoms with Crippen LogP contribution in [0.25, 0.3) is 0 Å². The molecule has 4 N–H and O–H groups in total. The number of carbonyl (C=O) groups excluding carboxylic acids is 1. The Bertz CT molecular complexity index is 561. The molecule has 0 radical (unpaired) electrons. The van der Waals surface area contributed by atoms with Crippen LogP contribution < -0.4 is 10.6 Å². The van der Waals surface area contributed by atoms with Crippen LogP contribution in [0.1, 0.15) is 18.4 Å². The molecule has 0 spiro atoms. The summed E-state index contributed by atoms with van der Waals surface area (Å²) in [6.45, 7) is 1.70. The van der Waals surface area contributed by atoms with Gasteiger partial charge in [-0.25, -0.2) is 14.0 Å². The van der Waals surface area contributed by atoms with Gasteiger partial charge in [-0.2, -0.15) is 0 Å². The second-order valence-electron chi connectivity index (χ2n) is 4.40. The molecule has 0 aromatic heterocycles. The lowest BCUT2D eigenvalue weighted by molar-refractivity contribution is -0.140. The molecular weight excluding hydrogens is 283 g/mol.